The molecule has 2 nitrogen and oxygen atoms in total. The molecule has 88 valence electrons. The van der Waals surface area contributed by atoms with E-state index in [9.17, 15) is 0 Å². The van der Waals surface area contributed by atoms with Crippen LogP contribution in [0.15, 0.2) is 0 Å². The summed E-state index contributed by atoms with van der Waals surface area (Å²) in [6.45, 7) is 4.43. The molecule has 1 heterocycles. The Morgan fingerprint density at radius 2 is 1.80 bits per heavy atom. The standard InChI is InChI=1S/C13H25NO/c1-13(7-3-4-8-13)12(14-2)11-5-9-15-10-6-11/h11-12,14H,3-10H2,1-2H3. The zero-order valence-electron chi connectivity index (χ0n) is 10.2. The van der Waals surface area contributed by atoms with Gasteiger partial charge in [-0.3, -0.25) is 0 Å². The molecule has 1 aliphatic heterocycles. The molecule has 2 heteroatoms. The van der Waals surface area contributed by atoms with Gasteiger partial charge >= 0.3 is 0 Å². The van der Waals surface area contributed by atoms with E-state index in [1.165, 1.54) is 38.5 Å². The second kappa shape index (κ2) is 4.84. The Bertz CT molecular complexity index is 193. The number of hydrogen-bond acceptors (Lipinski definition) is 2. The van der Waals surface area contributed by atoms with Gasteiger partial charge in [-0.05, 0) is 44.1 Å². The summed E-state index contributed by atoms with van der Waals surface area (Å²) in [4.78, 5) is 0. The first-order valence-electron chi connectivity index (χ1n) is 6.51. The predicted molar refractivity (Wildman–Crippen MR) is 63.0 cm³/mol. The van der Waals surface area contributed by atoms with E-state index in [2.05, 4.69) is 19.3 Å². The van der Waals surface area contributed by atoms with Crippen LogP contribution in [0.4, 0.5) is 0 Å². The minimum atomic E-state index is 0.552. The fourth-order valence-corrected chi connectivity index (χ4v) is 3.70. The smallest absolute Gasteiger partial charge is 0.0469 e. The van der Waals surface area contributed by atoms with E-state index in [1.54, 1.807) is 0 Å². The van der Waals surface area contributed by atoms with Gasteiger partial charge in [-0.1, -0.05) is 19.8 Å². The van der Waals surface area contributed by atoms with Crippen LogP contribution in [0.2, 0.25) is 0 Å². The van der Waals surface area contributed by atoms with E-state index in [4.69, 9.17) is 4.74 Å². The lowest BCUT2D eigenvalue weighted by Gasteiger charge is -2.41. The minimum absolute atomic E-state index is 0.552. The summed E-state index contributed by atoms with van der Waals surface area (Å²) in [6.07, 6.45) is 8.18. The number of rotatable bonds is 3. The average Bonchev–Trinajstić information content (AvgIpc) is 2.68. The van der Waals surface area contributed by atoms with Crippen molar-refractivity contribution >= 4 is 0 Å². The Kier molecular flexibility index (Phi) is 3.68. The second-order valence-electron chi connectivity index (χ2n) is 5.58. The lowest BCUT2D eigenvalue weighted by atomic mass is 9.72. The van der Waals surface area contributed by atoms with Gasteiger partial charge < -0.3 is 10.1 Å². The lowest BCUT2D eigenvalue weighted by molar-refractivity contribution is 0.0309. The molecule has 15 heavy (non-hydrogen) atoms. The Labute approximate surface area is 93.8 Å². The molecule has 1 unspecified atom stereocenters. The molecule has 1 saturated heterocycles. The molecule has 2 aliphatic rings. The van der Waals surface area contributed by atoms with Crippen molar-refractivity contribution in [2.75, 3.05) is 20.3 Å². The molecule has 0 aromatic rings. The van der Waals surface area contributed by atoms with E-state index in [1.807, 2.05) is 0 Å². The first-order chi connectivity index (χ1) is 7.26. The highest BCUT2D eigenvalue weighted by Gasteiger charge is 2.40. The van der Waals surface area contributed by atoms with Crippen molar-refractivity contribution in [1.29, 1.82) is 0 Å². The Hall–Kier alpha value is -0.0800. The maximum absolute atomic E-state index is 5.46. The van der Waals surface area contributed by atoms with Gasteiger partial charge in [-0.2, -0.15) is 0 Å². The summed E-state index contributed by atoms with van der Waals surface area (Å²) < 4.78 is 5.46. The van der Waals surface area contributed by atoms with Gasteiger partial charge in [-0.25, -0.2) is 0 Å². The highest BCUT2D eigenvalue weighted by molar-refractivity contribution is 4.94. The Morgan fingerprint density at radius 1 is 1.20 bits per heavy atom. The van der Waals surface area contributed by atoms with Crippen molar-refractivity contribution in [3.63, 3.8) is 0 Å². The maximum Gasteiger partial charge on any atom is 0.0469 e. The molecule has 1 aliphatic carbocycles. The molecule has 0 aromatic carbocycles. The van der Waals surface area contributed by atoms with Crippen molar-refractivity contribution in [3.8, 4) is 0 Å². The summed E-state index contributed by atoms with van der Waals surface area (Å²) in [5, 5.41) is 3.60. The van der Waals surface area contributed by atoms with Crippen LogP contribution in [0.3, 0.4) is 0 Å². The molecular formula is C13H25NO. The molecule has 0 spiro atoms. The summed E-state index contributed by atoms with van der Waals surface area (Å²) in [5.74, 6) is 0.840. The van der Waals surface area contributed by atoms with Crippen molar-refractivity contribution in [2.24, 2.45) is 11.3 Å². The molecule has 0 bridgehead atoms. The molecular weight excluding hydrogens is 186 g/mol. The highest BCUT2D eigenvalue weighted by Crippen LogP contribution is 2.44. The minimum Gasteiger partial charge on any atom is -0.381 e. The Morgan fingerprint density at radius 3 is 2.33 bits per heavy atom. The fraction of sp³-hybridized carbons (Fsp3) is 1.00. The van der Waals surface area contributed by atoms with Crippen LogP contribution in [-0.4, -0.2) is 26.3 Å². The zero-order chi connectivity index (χ0) is 10.7. The molecule has 1 saturated carbocycles. The van der Waals surface area contributed by atoms with Gasteiger partial charge in [0, 0.05) is 19.3 Å². The number of nitrogens with one attached hydrogen (secondary N) is 1. The van der Waals surface area contributed by atoms with Gasteiger partial charge in [0.15, 0.2) is 0 Å². The van der Waals surface area contributed by atoms with E-state index < -0.39 is 0 Å². The topological polar surface area (TPSA) is 21.3 Å². The normalized spacial score (nSPS) is 29.2. The van der Waals surface area contributed by atoms with E-state index in [-0.39, 0.29) is 0 Å². The van der Waals surface area contributed by atoms with Crippen LogP contribution < -0.4 is 5.32 Å². The maximum atomic E-state index is 5.46. The Balaban J connectivity index is 2.01. The van der Waals surface area contributed by atoms with Crippen molar-refractivity contribution in [1.82, 2.24) is 5.32 Å². The van der Waals surface area contributed by atoms with Crippen LogP contribution in [0, 0.1) is 11.3 Å². The first-order valence-corrected chi connectivity index (χ1v) is 6.51. The van der Waals surface area contributed by atoms with Gasteiger partial charge in [-0.15, -0.1) is 0 Å². The van der Waals surface area contributed by atoms with Gasteiger partial charge in [0.05, 0.1) is 0 Å². The largest absolute Gasteiger partial charge is 0.381 e. The monoisotopic (exact) mass is 211 g/mol. The summed E-state index contributed by atoms with van der Waals surface area (Å²) >= 11 is 0. The van der Waals surface area contributed by atoms with Crippen LogP contribution in [0.25, 0.3) is 0 Å². The van der Waals surface area contributed by atoms with E-state index in [0.29, 0.717) is 11.5 Å². The zero-order valence-corrected chi connectivity index (χ0v) is 10.2. The van der Waals surface area contributed by atoms with Crippen LogP contribution in [-0.2, 0) is 4.74 Å². The number of ether oxygens (including phenoxy) is 1. The quantitative estimate of drug-likeness (QED) is 0.774. The molecule has 2 fully saturated rings. The van der Waals surface area contributed by atoms with Gasteiger partial charge in [0.25, 0.3) is 0 Å². The molecule has 0 amide bonds. The van der Waals surface area contributed by atoms with Gasteiger partial charge in [0.1, 0.15) is 0 Å². The lowest BCUT2D eigenvalue weighted by Crippen LogP contribution is -2.47. The van der Waals surface area contributed by atoms with Crippen molar-refractivity contribution in [3.05, 3.63) is 0 Å². The first kappa shape index (κ1) is 11.4. The molecule has 1 N–H and O–H groups in total. The number of hydrogen-bond donors (Lipinski definition) is 1. The molecule has 0 radical (unpaired) electrons. The van der Waals surface area contributed by atoms with E-state index in [0.717, 1.165) is 19.1 Å². The van der Waals surface area contributed by atoms with E-state index >= 15 is 0 Å². The third kappa shape index (κ3) is 2.36. The summed E-state index contributed by atoms with van der Waals surface area (Å²) in [7, 11) is 2.14. The van der Waals surface area contributed by atoms with Crippen LogP contribution in [0.1, 0.15) is 45.4 Å². The average molecular weight is 211 g/mol. The van der Waals surface area contributed by atoms with Crippen LogP contribution in [0.5, 0.6) is 0 Å². The summed E-state index contributed by atoms with van der Waals surface area (Å²) in [5.41, 5.74) is 0.552. The summed E-state index contributed by atoms with van der Waals surface area (Å²) in [6, 6.07) is 0.712. The molecule has 1 atom stereocenters. The third-order valence-corrected chi connectivity index (χ3v) is 4.54. The highest BCUT2D eigenvalue weighted by atomic mass is 16.5. The van der Waals surface area contributed by atoms with Crippen LogP contribution >= 0.6 is 0 Å². The SMILES string of the molecule is CNC(C1CCOCC1)C1(C)CCCC1. The van der Waals surface area contributed by atoms with Gasteiger partial charge in [0.2, 0.25) is 0 Å². The fourth-order valence-electron chi connectivity index (χ4n) is 3.70. The predicted octanol–water partition coefficient (Wildman–Crippen LogP) is 2.58. The van der Waals surface area contributed by atoms with Crippen molar-refractivity contribution < 1.29 is 4.74 Å². The third-order valence-electron chi connectivity index (χ3n) is 4.54. The second-order valence-corrected chi connectivity index (χ2v) is 5.58. The molecule has 2 rings (SSSR count). The molecule has 0 aromatic heterocycles. The van der Waals surface area contributed by atoms with Crippen molar-refractivity contribution in [2.45, 2.75) is 51.5 Å².